The van der Waals surface area contributed by atoms with E-state index >= 15 is 0 Å². The fraction of sp³-hybridized carbons (Fsp3) is 0.500. The molecule has 0 aliphatic heterocycles. The molecule has 2 N–H and O–H groups in total. The molecule has 1 aromatic heterocycles. The van der Waals surface area contributed by atoms with Gasteiger partial charge in [-0.3, -0.25) is 4.79 Å². The largest absolute Gasteiger partial charge is 0.480 e. The maximum Gasteiger partial charge on any atom is 0.326 e. The molecular formula is C12H16ClNO3S. The van der Waals surface area contributed by atoms with Crippen molar-refractivity contribution in [3.8, 4) is 0 Å². The van der Waals surface area contributed by atoms with E-state index in [9.17, 15) is 9.59 Å². The number of aliphatic carboxylic acids is 1. The topological polar surface area (TPSA) is 66.4 Å². The lowest BCUT2D eigenvalue weighted by molar-refractivity contribution is -0.140. The first kappa shape index (κ1) is 15.0. The number of hydrogen-bond acceptors (Lipinski definition) is 3. The van der Waals surface area contributed by atoms with Crippen molar-refractivity contribution in [1.82, 2.24) is 5.32 Å². The highest BCUT2D eigenvalue weighted by atomic mass is 35.5. The van der Waals surface area contributed by atoms with Gasteiger partial charge in [-0.2, -0.15) is 0 Å². The summed E-state index contributed by atoms with van der Waals surface area (Å²) < 4.78 is 0. The number of amides is 1. The molecule has 0 fully saturated rings. The zero-order chi connectivity index (χ0) is 13.9. The van der Waals surface area contributed by atoms with E-state index in [1.165, 1.54) is 11.3 Å². The third-order valence-corrected chi connectivity index (χ3v) is 4.57. The number of carbonyl (C=O) groups excluding carboxylic acids is 1. The van der Waals surface area contributed by atoms with Gasteiger partial charge >= 0.3 is 5.97 Å². The third kappa shape index (κ3) is 3.23. The molecule has 2 atom stereocenters. The maximum atomic E-state index is 12.0. The first-order chi connectivity index (χ1) is 8.38. The number of rotatable bonds is 5. The van der Waals surface area contributed by atoms with Crippen molar-refractivity contribution in [1.29, 1.82) is 0 Å². The normalized spacial score (nSPS) is 14.0. The molecule has 2 unspecified atom stereocenters. The molecule has 0 saturated carbocycles. The van der Waals surface area contributed by atoms with E-state index in [2.05, 4.69) is 5.32 Å². The number of nitrogens with one attached hydrogen (secondary N) is 1. The molecule has 4 nitrogen and oxygen atoms in total. The van der Waals surface area contributed by atoms with Gasteiger partial charge in [0.05, 0.1) is 5.02 Å². The van der Waals surface area contributed by atoms with Crippen LogP contribution in [-0.4, -0.2) is 23.0 Å². The van der Waals surface area contributed by atoms with Gasteiger partial charge in [0, 0.05) is 0 Å². The summed E-state index contributed by atoms with van der Waals surface area (Å²) in [5.41, 5.74) is 0.822. The first-order valence-electron chi connectivity index (χ1n) is 5.65. The van der Waals surface area contributed by atoms with Crippen LogP contribution in [0.4, 0.5) is 0 Å². The van der Waals surface area contributed by atoms with Gasteiger partial charge in [-0.05, 0) is 23.8 Å². The van der Waals surface area contributed by atoms with E-state index in [0.717, 1.165) is 5.56 Å². The van der Waals surface area contributed by atoms with E-state index in [1.54, 1.807) is 19.2 Å². The second kappa shape index (κ2) is 6.20. The molecular weight excluding hydrogens is 274 g/mol. The molecule has 0 aliphatic rings. The van der Waals surface area contributed by atoms with Gasteiger partial charge in [-0.1, -0.05) is 31.9 Å². The summed E-state index contributed by atoms with van der Waals surface area (Å²) in [7, 11) is 0. The SMILES string of the molecule is CCC(C)C(NC(=O)c1scc(C)c1Cl)C(=O)O. The lowest BCUT2D eigenvalue weighted by Gasteiger charge is -2.19. The fourth-order valence-corrected chi connectivity index (χ4v) is 2.65. The Bertz CT molecular complexity index is 458. The average molecular weight is 290 g/mol. The molecule has 1 aromatic rings. The summed E-state index contributed by atoms with van der Waals surface area (Å²) in [6.07, 6.45) is 0.675. The van der Waals surface area contributed by atoms with Crippen molar-refractivity contribution >= 4 is 34.8 Å². The zero-order valence-electron chi connectivity index (χ0n) is 10.5. The summed E-state index contributed by atoms with van der Waals surface area (Å²) in [4.78, 5) is 23.4. The standard InChI is InChI=1S/C12H16ClNO3S/c1-4-6(2)9(12(16)17)14-11(15)10-8(13)7(3)5-18-10/h5-6,9H,4H2,1-3H3,(H,14,15)(H,16,17). The van der Waals surface area contributed by atoms with Gasteiger partial charge in [0.1, 0.15) is 10.9 Å². The molecule has 0 saturated heterocycles. The molecule has 0 spiro atoms. The quantitative estimate of drug-likeness (QED) is 0.876. The minimum atomic E-state index is -1.03. The number of carboxylic acids is 1. The van der Waals surface area contributed by atoms with E-state index in [0.29, 0.717) is 16.3 Å². The monoisotopic (exact) mass is 289 g/mol. The Morgan fingerprint density at radius 3 is 2.56 bits per heavy atom. The van der Waals surface area contributed by atoms with Crippen LogP contribution in [0.5, 0.6) is 0 Å². The van der Waals surface area contributed by atoms with Crippen LogP contribution in [-0.2, 0) is 4.79 Å². The van der Waals surface area contributed by atoms with Gasteiger partial charge in [-0.25, -0.2) is 4.79 Å². The predicted molar refractivity (Wildman–Crippen MR) is 72.4 cm³/mol. The Morgan fingerprint density at radius 1 is 1.56 bits per heavy atom. The smallest absolute Gasteiger partial charge is 0.326 e. The zero-order valence-corrected chi connectivity index (χ0v) is 12.1. The number of carbonyl (C=O) groups is 2. The Kier molecular flexibility index (Phi) is 5.16. The van der Waals surface area contributed by atoms with Crippen LogP contribution in [0.1, 0.15) is 35.5 Å². The molecule has 0 radical (unpaired) electrons. The van der Waals surface area contributed by atoms with Gasteiger partial charge in [0.15, 0.2) is 0 Å². The van der Waals surface area contributed by atoms with Crippen molar-refractivity contribution in [2.45, 2.75) is 33.2 Å². The first-order valence-corrected chi connectivity index (χ1v) is 6.91. The molecule has 100 valence electrons. The lowest BCUT2D eigenvalue weighted by atomic mass is 9.99. The van der Waals surface area contributed by atoms with Crippen molar-refractivity contribution in [2.24, 2.45) is 5.92 Å². The maximum absolute atomic E-state index is 12.0. The van der Waals surface area contributed by atoms with Gasteiger partial charge < -0.3 is 10.4 Å². The van der Waals surface area contributed by atoms with Crippen molar-refractivity contribution in [3.63, 3.8) is 0 Å². The van der Waals surface area contributed by atoms with Crippen LogP contribution < -0.4 is 5.32 Å². The second-order valence-electron chi connectivity index (χ2n) is 4.24. The Balaban J connectivity index is 2.85. The van der Waals surface area contributed by atoms with Gasteiger partial charge in [-0.15, -0.1) is 11.3 Å². The van der Waals surface area contributed by atoms with Crippen LogP contribution >= 0.6 is 22.9 Å². The highest BCUT2D eigenvalue weighted by molar-refractivity contribution is 7.13. The van der Waals surface area contributed by atoms with E-state index in [4.69, 9.17) is 16.7 Å². The van der Waals surface area contributed by atoms with E-state index in [-0.39, 0.29) is 5.92 Å². The fourth-order valence-electron chi connectivity index (χ4n) is 1.47. The molecule has 0 aromatic carbocycles. The van der Waals surface area contributed by atoms with Crippen molar-refractivity contribution < 1.29 is 14.7 Å². The lowest BCUT2D eigenvalue weighted by Crippen LogP contribution is -2.44. The number of hydrogen-bond donors (Lipinski definition) is 2. The predicted octanol–water partition coefficient (Wildman–Crippen LogP) is 2.94. The van der Waals surface area contributed by atoms with Crippen molar-refractivity contribution in [3.05, 3.63) is 20.8 Å². The number of thiophene rings is 1. The second-order valence-corrected chi connectivity index (χ2v) is 5.49. The number of halogens is 1. The van der Waals surface area contributed by atoms with Gasteiger partial charge in [0.25, 0.3) is 5.91 Å². The Hall–Kier alpha value is -1.07. The van der Waals surface area contributed by atoms with E-state index in [1.807, 2.05) is 6.92 Å². The summed E-state index contributed by atoms with van der Waals surface area (Å²) in [6, 6.07) is -0.888. The molecule has 1 heterocycles. The average Bonchev–Trinajstić information content (AvgIpc) is 2.65. The summed E-state index contributed by atoms with van der Waals surface area (Å²) in [5.74, 6) is -1.58. The Labute approximate surface area is 115 Å². The summed E-state index contributed by atoms with van der Waals surface area (Å²) in [6.45, 7) is 5.48. The highest BCUT2D eigenvalue weighted by Gasteiger charge is 2.27. The Morgan fingerprint density at radius 2 is 2.17 bits per heavy atom. The summed E-state index contributed by atoms with van der Waals surface area (Å²) in [5, 5.41) is 13.8. The minimum absolute atomic E-state index is 0.133. The van der Waals surface area contributed by atoms with Crippen LogP contribution in [0, 0.1) is 12.8 Å². The minimum Gasteiger partial charge on any atom is -0.480 e. The molecule has 1 amide bonds. The van der Waals surface area contributed by atoms with E-state index < -0.39 is 17.9 Å². The molecule has 6 heteroatoms. The summed E-state index contributed by atoms with van der Waals surface area (Å²) >= 11 is 7.20. The molecule has 0 bridgehead atoms. The number of aryl methyl sites for hydroxylation is 1. The van der Waals surface area contributed by atoms with Crippen molar-refractivity contribution in [2.75, 3.05) is 0 Å². The van der Waals surface area contributed by atoms with Crippen LogP contribution in [0.3, 0.4) is 0 Å². The van der Waals surface area contributed by atoms with Crippen LogP contribution in [0.15, 0.2) is 5.38 Å². The van der Waals surface area contributed by atoms with Crippen LogP contribution in [0.2, 0.25) is 5.02 Å². The number of carboxylic acid groups (broad SMARTS) is 1. The van der Waals surface area contributed by atoms with Crippen LogP contribution in [0.25, 0.3) is 0 Å². The highest BCUT2D eigenvalue weighted by Crippen LogP contribution is 2.27. The molecule has 1 rings (SSSR count). The molecule has 0 aliphatic carbocycles. The van der Waals surface area contributed by atoms with Gasteiger partial charge in [0.2, 0.25) is 0 Å². The third-order valence-electron chi connectivity index (χ3n) is 2.87. The molecule has 18 heavy (non-hydrogen) atoms.